The van der Waals surface area contributed by atoms with Gasteiger partial charge in [-0.1, -0.05) is 13.8 Å². The van der Waals surface area contributed by atoms with Crippen molar-refractivity contribution in [3.63, 3.8) is 0 Å². The molecular formula is C20H34O3. The summed E-state index contributed by atoms with van der Waals surface area (Å²) in [5.41, 5.74) is 0.493. The van der Waals surface area contributed by atoms with Gasteiger partial charge in [0.15, 0.2) is 6.29 Å². The summed E-state index contributed by atoms with van der Waals surface area (Å²) in [4.78, 5) is 0. The van der Waals surface area contributed by atoms with Gasteiger partial charge in [-0.05, 0) is 74.5 Å². The molecule has 0 N–H and O–H groups in total. The lowest BCUT2D eigenvalue weighted by Gasteiger charge is -2.47. The van der Waals surface area contributed by atoms with Crippen LogP contribution >= 0.6 is 0 Å². The smallest absolute Gasteiger partial charge is 0.160 e. The zero-order valence-electron chi connectivity index (χ0n) is 15.0. The quantitative estimate of drug-likeness (QED) is 0.696. The third kappa shape index (κ3) is 3.62. The second-order valence-corrected chi connectivity index (χ2v) is 9.00. The van der Waals surface area contributed by atoms with Gasteiger partial charge in [-0.3, -0.25) is 0 Å². The third-order valence-electron chi connectivity index (χ3n) is 7.44. The van der Waals surface area contributed by atoms with Gasteiger partial charge >= 0.3 is 0 Å². The molecule has 4 aliphatic rings. The van der Waals surface area contributed by atoms with Crippen LogP contribution in [0.3, 0.4) is 0 Å². The van der Waals surface area contributed by atoms with Gasteiger partial charge in [0.05, 0.1) is 25.4 Å². The molecule has 0 aromatic carbocycles. The standard InChI is InChI=1S/C20H34O3/c1-20(2,15-5-3-14(4-6-15)18-13-22-18)16-7-9-17(10-8-16)23-19-11-12-21-19/h14-19H,3-13H2,1-2H3. The molecule has 132 valence electrons. The Morgan fingerprint density at radius 2 is 1.35 bits per heavy atom. The molecule has 0 bridgehead atoms. The molecule has 2 aliphatic carbocycles. The molecule has 0 aromatic heterocycles. The highest BCUT2D eigenvalue weighted by atomic mass is 16.7. The third-order valence-corrected chi connectivity index (χ3v) is 7.44. The summed E-state index contributed by atoms with van der Waals surface area (Å²) >= 11 is 0. The average Bonchev–Trinajstić information content (AvgIpc) is 3.36. The van der Waals surface area contributed by atoms with Crippen molar-refractivity contribution in [1.29, 1.82) is 0 Å². The Bertz CT molecular complexity index is 384. The summed E-state index contributed by atoms with van der Waals surface area (Å²) in [7, 11) is 0. The Kier molecular flexibility index (Phi) is 4.73. The van der Waals surface area contributed by atoms with Crippen LogP contribution in [0.25, 0.3) is 0 Å². The number of epoxide rings is 1. The molecule has 0 aromatic rings. The second kappa shape index (κ2) is 6.65. The first-order valence-corrected chi connectivity index (χ1v) is 10.0. The summed E-state index contributed by atoms with van der Waals surface area (Å²) < 4.78 is 17.0. The molecule has 2 heterocycles. The molecule has 2 saturated heterocycles. The van der Waals surface area contributed by atoms with E-state index < -0.39 is 0 Å². The van der Waals surface area contributed by atoms with E-state index in [0.717, 1.165) is 37.4 Å². The summed E-state index contributed by atoms with van der Waals surface area (Å²) in [6.07, 6.45) is 13.1. The van der Waals surface area contributed by atoms with E-state index in [4.69, 9.17) is 14.2 Å². The zero-order valence-corrected chi connectivity index (χ0v) is 15.0. The minimum atomic E-state index is 0.115. The van der Waals surface area contributed by atoms with Crippen LogP contribution in [0.5, 0.6) is 0 Å². The van der Waals surface area contributed by atoms with Crippen LogP contribution in [-0.4, -0.2) is 31.7 Å². The first-order valence-electron chi connectivity index (χ1n) is 10.0. The molecule has 0 amide bonds. The number of ether oxygens (including phenoxy) is 3. The molecular weight excluding hydrogens is 288 g/mol. The molecule has 2 atom stereocenters. The lowest BCUT2D eigenvalue weighted by molar-refractivity contribution is -0.241. The topological polar surface area (TPSA) is 31.0 Å². The van der Waals surface area contributed by atoms with E-state index in [9.17, 15) is 0 Å². The van der Waals surface area contributed by atoms with Crippen LogP contribution in [0.2, 0.25) is 0 Å². The maximum Gasteiger partial charge on any atom is 0.160 e. The van der Waals surface area contributed by atoms with Crippen molar-refractivity contribution in [2.75, 3.05) is 13.2 Å². The fourth-order valence-corrected chi connectivity index (χ4v) is 5.38. The van der Waals surface area contributed by atoms with E-state index in [1.165, 1.54) is 51.4 Å². The van der Waals surface area contributed by atoms with E-state index in [2.05, 4.69) is 13.8 Å². The van der Waals surface area contributed by atoms with Gasteiger partial charge < -0.3 is 14.2 Å². The predicted molar refractivity (Wildman–Crippen MR) is 90.2 cm³/mol. The normalized spacial score (nSPS) is 44.6. The predicted octanol–water partition coefficient (Wildman–Crippen LogP) is 4.54. The lowest BCUT2D eigenvalue weighted by atomic mass is 9.59. The average molecular weight is 322 g/mol. The van der Waals surface area contributed by atoms with Crippen molar-refractivity contribution in [3.8, 4) is 0 Å². The second-order valence-electron chi connectivity index (χ2n) is 9.00. The molecule has 4 fully saturated rings. The van der Waals surface area contributed by atoms with Crippen molar-refractivity contribution in [2.24, 2.45) is 23.2 Å². The van der Waals surface area contributed by atoms with E-state index in [0.29, 0.717) is 17.6 Å². The van der Waals surface area contributed by atoms with Crippen molar-refractivity contribution < 1.29 is 14.2 Å². The van der Waals surface area contributed by atoms with Crippen LogP contribution in [0.1, 0.15) is 71.6 Å². The monoisotopic (exact) mass is 322 g/mol. The molecule has 2 aliphatic heterocycles. The molecule has 4 rings (SSSR count). The van der Waals surface area contributed by atoms with Crippen LogP contribution in [-0.2, 0) is 14.2 Å². The van der Waals surface area contributed by atoms with Crippen molar-refractivity contribution in [2.45, 2.75) is 90.1 Å². The zero-order chi connectivity index (χ0) is 15.9. The number of rotatable bonds is 5. The van der Waals surface area contributed by atoms with Gasteiger partial charge in [-0.25, -0.2) is 0 Å². The Labute approximate surface area is 141 Å². The van der Waals surface area contributed by atoms with E-state index in [1.54, 1.807) is 0 Å². The molecule has 2 saturated carbocycles. The van der Waals surface area contributed by atoms with Gasteiger partial charge in [0.2, 0.25) is 0 Å². The molecule has 0 radical (unpaired) electrons. The van der Waals surface area contributed by atoms with Gasteiger partial charge in [0, 0.05) is 6.42 Å². The summed E-state index contributed by atoms with van der Waals surface area (Å²) in [6, 6.07) is 0. The summed E-state index contributed by atoms with van der Waals surface area (Å²) in [5.74, 6) is 2.66. The first-order chi connectivity index (χ1) is 11.1. The molecule has 3 heteroatoms. The lowest BCUT2D eigenvalue weighted by Crippen LogP contribution is -2.40. The van der Waals surface area contributed by atoms with Gasteiger partial charge in [-0.2, -0.15) is 0 Å². The van der Waals surface area contributed by atoms with Gasteiger partial charge in [0.1, 0.15) is 0 Å². The van der Waals surface area contributed by atoms with Crippen LogP contribution in [0.4, 0.5) is 0 Å². The first kappa shape index (κ1) is 16.4. The van der Waals surface area contributed by atoms with Crippen LogP contribution in [0.15, 0.2) is 0 Å². The molecule has 3 nitrogen and oxygen atoms in total. The summed E-state index contributed by atoms with van der Waals surface area (Å²) in [6.45, 7) is 7.02. The van der Waals surface area contributed by atoms with Crippen molar-refractivity contribution in [3.05, 3.63) is 0 Å². The van der Waals surface area contributed by atoms with Crippen molar-refractivity contribution in [1.82, 2.24) is 0 Å². The minimum absolute atomic E-state index is 0.115. The van der Waals surface area contributed by atoms with Crippen LogP contribution in [0, 0.1) is 23.2 Å². The SMILES string of the molecule is CC(C)(C1CCC(OC2CCO2)CC1)C1CCC(C2CO2)CC1. The van der Waals surface area contributed by atoms with E-state index in [1.807, 2.05) is 0 Å². The fourth-order valence-electron chi connectivity index (χ4n) is 5.38. The highest BCUT2D eigenvalue weighted by molar-refractivity contribution is 4.93. The Morgan fingerprint density at radius 3 is 1.83 bits per heavy atom. The number of hydrogen-bond acceptors (Lipinski definition) is 3. The Balaban J connectivity index is 1.25. The maximum atomic E-state index is 6.04. The summed E-state index contributed by atoms with van der Waals surface area (Å²) in [5, 5.41) is 0. The Hall–Kier alpha value is -0.120. The van der Waals surface area contributed by atoms with Crippen molar-refractivity contribution >= 4 is 0 Å². The number of hydrogen-bond donors (Lipinski definition) is 0. The minimum Gasteiger partial charge on any atom is -0.373 e. The molecule has 2 unspecified atom stereocenters. The van der Waals surface area contributed by atoms with E-state index >= 15 is 0 Å². The van der Waals surface area contributed by atoms with Crippen LogP contribution < -0.4 is 0 Å². The fraction of sp³-hybridized carbons (Fsp3) is 1.00. The highest BCUT2D eigenvalue weighted by Gasteiger charge is 2.43. The largest absolute Gasteiger partial charge is 0.373 e. The van der Waals surface area contributed by atoms with E-state index in [-0.39, 0.29) is 6.29 Å². The Morgan fingerprint density at radius 1 is 0.783 bits per heavy atom. The maximum absolute atomic E-state index is 6.04. The molecule has 0 spiro atoms. The highest BCUT2D eigenvalue weighted by Crippen LogP contribution is 2.50. The van der Waals surface area contributed by atoms with Gasteiger partial charge in [0.25, 0.3) is 0 Å². The van der Waals surface area contributed by atoms with Gasteiger partial charge in [-0.15, -0.1) is 0 Å². The molecule has 23 heavy (non-hydrogen) atoms.